The first kappa shape index (κ1) is 13.7. The quantitative estimate of drug-likeness (QED) is 0.797. The van der Waals surface area contributed by atoms with E-state index < -0.39 is 11.5 Å². The average molecular weight is 235 g/mol. The Labute approximate surface area is 103 Å². The molecule has 0 aliphatic rings. The number of hydrogen-bond donors (Lipinski definition) is 2. The summed E-state index contributed by atoms with van der Waals surface area (Å²) in [4.78, 5) is 11.5. The van der Waals surface area contributed by atoms with Crippen LogP contribution in [0.1, 0.15) is 39.2 Å². The Morgan fingerprint density at radius 1 is 1.29 bits per heavy atom. The molecular formula is C14H21NO2. The van der Waals surface area contributed by atoms with Crippen molar-refractivity contribution in [2.75, 3.05) is 0 Å². The molecule has 0 bridgehead atoms. The molecule has 94 valence electrons. The van der Waals surface area contributed by atoms with Crippen LogP contribution in [0, 0.1) is 0 Å². The van der Waals surface area contributed by atoms with Crippen LogP contribution in [-0.4, -0.2) is 17.1 Å². The second kappa shape index (κ2) is 5.82. The van der Waals surface area contributed by atoms with Crippen LogP contribution in [0.3, 0.4) is 0 Å². The first-order valence-corrected chi connectivity index (χ1v) is 6.11. The van der Waals surface area contributed by atoms with Gasteiger partial charge >= 0.3 is 5.97 Å². The molecule has 0 fully saturated rings. The Morgan fingerprint density at radius 3 is 2.24 bits per heavy atom. The highest BCUT2D eigenvalue weighted by atomic mass is 16.4. The van der Waals surface area contributed by atoms with Crippen molar-refractivity contribution in [3.63, 3.8) is 0 Å². The van der Waals surface area contributed by atoms with E-state index in [1.54, 1.807) is 6.92 Å². The van der Waals surface area contributed by atoms with E-state index in [0.29, 0.717) is 0 Å². The fourth-order valence-corrected chi connectivity index (χ4v) is 1.94. The van der Waals surface area contributed by atoms with Gasteiger partial charge in [0.1, 0.15) is 5.54 Å². The van der Waals surface area contributed by atoms with Gasteiger partial charge in [-0.3, -0.25) is 5.32 Å². The summed E-state index contributed by atoms with van der Waals surface area (Å²) in [6.45, 7) is 5.85. The number of carbonyl (C=O) groups is 1. The summed E-state index contributed by atoms with van der Waals surface area (Å²) in [7, 11) is 0. The zero-order chi connectivity index (χ0) is 12.9. The largest absolute Gasteiger partial charge is 0.480 e. The molecule has 1 atom stereocenters. The number of carboxylic acid groups (broad SMARTS) is 1. The number of benzene rings is 1. The second-order valence-electron chi connectivity index (χ2n) is 4.45. The first-order valence-electron chi connectivity index (χ1n) is 6.11. The highest BCUT2D eigenvalue weighted by Gasteiger charge is 2.36. The van der Waals surface area contributed by atoms with Crippen LogP contribution in [0.5, 0.6) is 0 Å². The predicted octanol–water partition coefficient (Wildman–Crippen LogP) is 2.76. The molecular weight excluding hydrogens is 214 g/mol. The van der Waals surface area contributed by atoms with Crippen molar-refractivity contribution in [2.45, 2.75) is 45.2 Å². The monoisotopic (exact) mass is 235 g/mol. The Hall–Kier alpha value is -1.35. The lowest BCUT2D eigenvalue weighted by atomic mass is 9.90. The summed E-state index contributed by atoms with van der Waals surface area (Å²) in [5.74, 6) is -0.837. The molecule has 0 spiro atoms. The number of rotatable bonds is 6. The molecule has 1 aromatic carbocycles. The molecule has 0 amide bonds. The number of hydrogen-bond acceptors (Lipinski definition) is 2. The van der Waals surface area contributed by atoms with Crippen LogP contribution in [0.2, 0.25) is 0 Å². The zero-order valence-electron chi connectivity index (χ0n) is 10.7. The summed E-state index contributed by atoms with van der Waals surface area (Å²) in [5, 5.41) is 12.7. The summed E-state index contributed by atoms with van der Waals surface area (Å²) in [6, 6.07) is 9.54. The van der Waals surface area contributed by atoms with Gasteiger partial charge in [-0.15, -0.1) is 0 Å². The van der Waals surface area contributed by atoms with Gasteiger partial charge in [-0.2, -0.15) is 0 Å². The van der Waals surface area contributed by atoms with Crippen molar-refractivity contribution >= 4 is 5.97 Å². The van der Waals surface area contributed by atoms with E-state index in [1.807, 2.05) is 30.3 Å². The Morgan fingerprint density at radius 2 is 1.82 bits per heavy atom. The van der Waals surface area contributed by atoms with E-state index in [4.69, 9.17) is 0 Å². The highest BCUT2D eigenvalue weighted by Crippen LogP contribution is 2.22. The molecule has 0 aromatic heterocycles. The fraction of sp³-hybridized carbons (Fsp3) is 0.500. The highest BCUT2D eigenvalue weighted by molar-refractivity contribution is 5.80. The van der Waals surface area contributed by atoms with Gasteiger partial charge in [-0.25, -0.2) is 4.79 Å². The fourth-order valence-electron chi connectivity index (χ4n) is 1.94. The van der Waals surface area contributed by atoms with Gasteiger partial charge in [-0.05, 0) is 25.3 Å². The maximum atomic E-state index is 11.5. The minimum Gasteiger partial charge on any atom is -0.480 e. The molecule has 17 heavy (non-hydrogen) atoms. The minimum absolute atomic E-state index is 0.219. The second-order valence-corrected chi connectivity index (χ2v) is 4.45. The van der Waals surface area contributed by atoms with Gasteiger partial charge in [0.25, 0.3) is 0 Å². The summed E-state index contributed by atoms with van der Waals surface area (Å²) < 4.78 is 0. The average Bonchev–Trinajstić information content (AvgIpc) is 2.36. The topological polar surface area (TPSA) is 49.3 Å². The third-order valence-corrected chi connectivity index (χ3v) is 3.26. The van der Waals surface area contributed by atoms with Crippen molar-refractivity contribution in [3.05, 3.63) is 35.9 Å². The molecule has 3 nitrogen and oxygen atoms in total. The van der Waals surface area contributed by atoms with Gasteiger partial charge in [0.15, 0.2) is 0 Å². The van der Waals surface area contributed by atoms with Crippen LogP contribution in [0.15, 0.2) is 30.3 Å². The molecule has 0 saturated carbocycles. The van der Waals surface area contributed by atoms with E-state index >= 15 is 0 Å². The lowest BCUT2D eigenvalue weighted by molar-refractivity contribution is -0.145. The van der Waals surface area contributed by atoms with Gasteiger partial charge < -0.3 is 5.11 Å². The molecule has 3 heteroatoms. The molecule has 0 saturated heterocycles. The standard InChI is InChI=1S/C14H21NO2/c1-4-12(5-2)15-14(3,13(16)17)11-9-7-6-8-10-11/h6-10,12,15H,4-5H2,1-3H3,(H,16,17). The molecule has 0 radical (unpaired) electrons. The lowest BCUT2D eigenvalue weighted by Crippen LogP contribution is -2.51. The molecule has 0 heterocycles. The first-order chi connectivity index (χ1) is 8.04. The summed E-state index contributed by atoms with van der Waals surface area (Å²) in [6.07, 6.45) is 1.85. The van der Waals surface area contributed by atoms with Crippen molar-refractivity contribution < 1.29 is 9.90 Å². The van der Waals surface area contributed by atoms with Crippen LogP contribution >= 0.6 is 0 Å². The molecule has 1 unspecified atom stereocenters. The van der Waals surface area contributed by atoms with Gasteiger partial charge in [0, 0.05) is 6.04 Å². The van der Waals surface area contributed by atoms with E-state index in [1.165, 1.54) is 0 Å². The van der Waals surface area contributed by atoms with Crippen molar-refractivity contribution in [1.29, 1.82) is 0 Å². The third-order valence-electron chi connectivity index (χ3n) is 3.26. The van der Waals surface area contributed by atoms with Crippen LogP contribution in [0.4, 0.5) is 0 Å². The van der Waals surface area contributed by atoms with Gasteiger partial charge in [0.05, 0.1) is 0 Å². The normalized spacial score (nSPS) is 14.6. The number of carboxylic acids is 1. The Bertz CT molecular complexity index is 360. The Kier molecular flexibility index (Phi) is 4.70. The van der Waals surface area contributed by atoms with Crippen molar-refractivity contribution in [2.24, 2.45) is 0 Å². The smallest absolute Gasteiger partial charge is 0.328 e. The summed E-state index contributed by atoms with van der Waals surface area (Å²) >= 11 is 0. The number of aliphatic carboxylic acids is 1. The van der Waals surface area contributed by atoms with Crippen LogP contribution in [-0.2, 0) is 10.3 Å². The molecule has 0 aliphatic carbocycles. The van der Waals surface area contributed by atoms with Crippen LogP contribution < -0.4 is 5.32 Å². The maximum absolute atomic E-state index is 11.5. The van der Waals surface area contributed by atoms with Crippen molar-refractivity contribution in [3.8, 4) is 0 Å². The molecule has 0 aliphatic heterocycles. The lowest BCUT2D eigenvalue weighted by Gasteiger charge is -2.31. The summed E-state index contributed by atoms with van der Waals surface area (Å²) in [5.41, 5.74) is -0.225. The van der Waals surface area contributed by atoms with Gasteiger partial charge in [0.2, 0.25) is 0 Å². The third kappa shape index (κ3) is 3.07. The van der Waals surface area contributed by atoms with Crippen molar-refractivity contribution in [1.82, 2.24) is 5.32 Å². The minimum atomic E-state index is -1.02. The van der Waals surface area contributed by atoms with E-state index in [2.05, 4.69) is 19.2 Å². The van der Waals surface area contributed by atoms with E-state index in [-0.39, 0.29) is 6.04 Å². The maximum Gasteiger partial charge on any atom is 0.328 e. The van der Waals surface area contributed by atoms with Gasteiger partial charge in [-0.1, -0.05) is 44.2 Å². The Balaban J connectivity index is 3.02. The predicted molar refractivity (Wildman–Crippen MR) is 68.9 cm³/mol. The zero-order valence-corrected chi connectivity index (χ0v) is 10.7. The van der Waals surface area contributed by atoms with E-state index in [0.717, 1.165) is 18.4 Å². The molecule has 1 aromatic rings. The number of nitrogens with one attached hydrogen (secondary N) is 1. The van der Waals surface area contributed by atoms with E-state index in [9.17, 15) is 9.90 Å². The molecule has 1 rings (SSSR count). The van der Waals surface area contributed by atoms with Crippen LogP contribution in [0.25, 0.3) is 0 Å². The molecule has 2 N–H and O–H groups in total. The SMILES string of the molecule is CCC(CC)NC(C)(C(=O)O)c1ccccc1.